The van der Waals surface area contributed by atoms with E-state index in [4.69, 9.17) is 4.74 Å². The number of hydrogen-bond acceptors (Lipinski definition) is 5. The molecule has 180 valence electrons. The standard InChI is InChI=1S/C25H24F2N6O2/c1-16-13-31(15-28-16)22-8-6-17(12-24(22)35-2)20-14-33(30-29-20)23-9-7-18-19(27)4-3-5-21(18)32(11-10-26)25(23)34/h3-6,8,12-15,23H,7,9-11H2,1-2H3. The van der Waals surface area contributed by atoms with E-state index < -0.39 is 18.5 Å². The molecule has 0 aliphatic carbocycles. The summed E-state index contributed by atoms with van der Waals surface area (Å²) >= 11 is 0. The maximum Gasteiger partial charge on any atom is 0.252 e. The van der Waals surface area contributed by atoms with Gasteiger partial charge in [-0.1, -0.05) is 17.3 Å². The number of carbonyl (C=O) groups excluding carboxylic acids is 1. The third-order valence-corrected chi connectivity index (χ3v) is 6.21. The minimum Gasteiger partial charge on any atom is -0.495 e. The molecule has 1 aliphatic heterocycles. The number of halogens is 2. The van der Waals surface area contributed by atoms with Gasteiger partial charge in [-0.2, -0.15) is 0 Å². The number of benzene rings is 2. The number of hydrogen-bond donors (Lipinski definition) is 0. The van der Waals surface area contributed by atoms with E-state index >= 15 is 0 Å². The summed E-state index contributed by atoms with van der Waals surface area (Å²) in [5.74, 6) is -0.119. The van der Waals surface area contributed by atoms with Crippen molar-refractivity contribution in [1.29, 1.82) is 0 Å². The molecule has 0 saturated carbocycles. The first-order chi connectivity index (χ1) is 17.0. The number of methoxy groups -OCH3 is 1. The van der Waals surface area contributed by atoms with Gasteiger partial charge in [-0.05, 0) is 44.0 Å². The molecule has 35 heavy (non-hydrogen) atoms. The van der Waals surface area contributed by atoms with Crippen molar-refractivity contribution in [3.8, 4) is 22.7 Å². The summed E-state index contributed by atoms with van der Waals surface area (Å²) in [6.07, 6.45) is 5.93. The van der Waals surface area contributed by atoms with E-state index in [9.17, 15) is 13.6 Å². The lowest BCUT2D eigenvalue weighted by molar-refractivity contribution is -0.122. The van der Waals surface area contributed by atoms with Gasteiger partial charge in [0.1, 0.15) is 30.0 Å². The van der Waals surface area contributed by atoms with Gasteiger partial charge in [-0.25, -0.2) is 18.4 Å². The zero-order valence-corrected chi connectivity index (χ0v) is 19.4. The van der Waals surface area contributed by atoms with E-state index in [2.05, 4.69) is 15.3 Å². The minimum absolute atomic E-state index is 0.153. The molecule has 0 saturated heterocycles. The maximum atomic E-state index is 14.5. The molecule has 4 aromatic rings. The van der Waals surface area contributed by atoms with Gasteiger partial charge in [0.25, 0.3) is 5.91 Å². The average Bonchev–Trinajstić information content (AvgIpc) is 3.49. The van der Waals surface area contributed by atoms with E-state index in [1.807, 2.05) is 35.9 Å². The zero-order valence-electron chi connectivity index (χ0n) is 19.4. The van der Waals surface area contributed by atoms with Crippen LogP contribution in [0.25, 0.3) is 16.9 Å². The summed E-state index contributed by atoms with van der Waals surface area (Å²) in [5.41, 5.74) is 3.83. The Kier molecular flexibility index (Phi) is 6.02. The number of ether oxygens (including phenoxy) is 1. The van der Waals surface area contributed by atoms with Gasteiger partial charge in [0.2, 0.25) is 0 Å². The van der Waals surface area contributed by atoms with Crippen LogP contribution in [0.3, 0.4) is 0 Å². The fourth-order valence-corrected chi connectivity index (χ4v) is 4.48. The normalized spacial score (nSPS) is 15.7. The van der Waals surface area contributed by atoms with Crippen LogP contribution in [-0.2, 0) is 11.2 Å². The number of amides is 1. The van der Waals surface area contributed by atoms with Crippen molar-refractivity contribution in [3.05, 3.63) is 72.2 Å². The Balaban J connectivity index is 1.46. The summed E-state index contributed by atoms with van der Waals surface area (Å²) < 4.78 is 36.7. The minimum atomic E-state index is -0.737. The molecule has 0 N–H and O–H groups in total. The smallest absolute Gasteiger partial charge is 0.252 e. The molecule has 2 aromatic heterocycles. The fourth-order valence-electron chi connectivity index (χ4n) is 4.48. The van der Waals surface area contributed by atoms with Gasteiger partial charge >= 0.3 is 0 Å². The topological polar surface area (TPSA) is 78.1 Å². The Morgan fingerprint density at radius 3 is 2.77 bits per heavy atom. The first kappa shape index (κ1) is 22.7. The summed E-state index contributed by atoms with van der Waals surface area (Å²) in [7, 11) is 1.59. The number of carbonyl (C=O) groups is 1. The SMILES string of the molecule is COc1cc(-c2cn(C3CCc4c(F)cccc4N(CCF)C3=O)nn2)ccc1-n1cnc(C)c1. The van der Waals surface area contributed by atoms with E-state index in [-0.39, 0.29) is 12.5 Å². The summed E-state index contributed by atoms with van der Waals surface area (Å²) in [5, 5.41) is 8.47. The predicted molar refractivity (Wildman–Crippen MR) is 126 cm³/mol. The fraction of sp³-hybridized carbons (Fsp3) is 0.280. The van der Waals surface area contributed by atoms with Crippen molar-refractivity contribution in [3.63, 3.8) is 0 Å². The third kappa shape index (κ3) is 4.16. The molecule has 1 unspecified atom stereocenters. The molecule has 0 fully saturated rings. The van der Waals surface area contributed by atoms with E-state index in [0.29, 0.717) is 35.5 Å². The first-order valence-corrected chi connectivity index (χ1v) is 11.3. The summed E-state index contributed by atoms with van der Waals surface area (Å²) in [4.78, 5) is 18.9. The number of rotatable bonds is 6. The number of fused-ring (bicyclic) bond motifs is 1. The Hall–Kier alpha value is -4.08. The van der Waals surface area contributed by atoms with Gasteiger partial charge < -0.3 is 14.2 Å². The lowest BCUT2D eigenvalue weighted by Crippen LogP contribution is -2.38. The van der Waals surface area contributed by atoms with Crippen molar-refractivity contribution in [2.75, 3.05) is 25.2 Å². The second-order valence-electron chi connectivity index (χ2n) is 8.36. The molecule has 0 bridgehead atoms. The Morgan fingerprint density at radius 1 is 1.17 bits per heavy atom. The molecule has 1 amide bonds. The van der Waals surface area contributed by atoms with Crippen LogP contribution < -0.4 is 9.64 Å². The third-order valence-electron chi connectivity index (χ3n) is 6.21. The van der Waals surface area contributed by atoms with Gasteiger partial charge in [0.15, 0.2) is 0 Å². The Morgan fingerprint density at radius 2 is 2.03 bits per heavy atom. The van der Waals surface area contributed by atoms with Crippen LogP contribution in [0.2, 0.25) is 0 Å². The van der Waals surface area contributed by atoms with Gasteiger partial charge in [-0.3, -0.25) is 4.79 Å². The van der Waals surface area contributed by atoms with Crippen LogP contribution >= 0.6 is 0 Å². The molecule has 8 nitrogen and oxygen atoms in total. The predicted octanol–water partition coefficient (Wildman–Crippen LogP) is 4.08. The average molecular weight is 479 g/mol. The highest BCUT2D eigenvalue weighted by Crippen LogP contribution is 2.34. The molecular formula is C25H24F2N6O2. The largest absolute Gasteiger partial charge is 0.495 e. The van der Waals surface area contributed by atoms with E-state index in [1.54, 1.807) is 25.7 Å². The molecule has 3 heterocycles. The molecule has 1 aliphatic rings. The van der Waals surface area contributed by atoms with Crippen LogP contribution in [-0.4, -0.2) is 50.8 Å². The van der Waals surface area contributed by atoms with Crippen LogP contribution in [0.1, 0.15) is 23.7 Å². The molecule has 0 spiro atoms. The van der Waals surface area contributed by atoms with Crippen LogP contribution in [0.5, 0.6) is 5.75 Å². The highest BCUT2D eigenvalue weighted by Gasteiger charge is 2.33. The number of aromatic nitrogens is 5. The number of nitrogens with zero attached hydrogens (tertiary/aromatic N) is 6. The molecule has 2 aromatic carbocycles. The lowest BCUT2D eigenvalue weighted by Gasteiger charge is -2.24. The van der Waals surface area contributed by atoms with Crippen molar-refractivity contribution >= 4 is 11.6 Å². The van der Waals surface area contributed by atoms with Gasteiger partial charge in [0, 0.05) is 23.0 Å². The van der Waals surface area contributed by atoms with Crippen molar-refractivity contribution in [2.24, 2.45) is 0 Å². The zero-order chi connectivity index (χ0) is 24.5. The number of imidazole rings is 1. The Bertz CT molecular complexity index is 1380. The highest BCUT2D eigenvalue weighted by atomic mass is 19.1. The van der Waals surface area contributed by atoms with Crippen LogP contribution in [0.15, 0.2) is 55.1 Å². The van der Waals surface area contributed by atoms with Gasteiger partial charge in [0.05, 0.1) is 37.6 Å². The first-order valence-electron chi connectivity index (χ1n) is 11.3. The van der Waals surface area contributed by atoms with Gasteiger partial charge in [-0.15, -0.1) is 5.10 Å². The molecule has 0 radical (unpaired) electrons. The second-order valence-corrected chi connectivity index (χ2v) is 8.36. The number of anilines is 1. The molecular weight excluding hydrogens is 454 g/mol. The van der Waals surface area contributed by atoms with Crippen molar-refractivity contribution in [1.82, 2.24) is 24.5 Å². The Labute approximate surface area is 200 Å². The van der Waals surface area contributed by atoms with E-state index in [1.165, 1.54) is 21.7 Å². The summed E-state index contributed by atoms with van der Waals surface area (Å²) in [6, 6.07) is 9.43. The van der Waals surface area contributed by atoms with Crippen molar-refractivity contribution in [2.45, 2.75) is 25.8 Å². The highest BCUT2D eigenvalue weighted by molar-refractivity contribution is 5.97. The van der Waals surface area contributed by atoms with Crippen LogP contribution in [0, 0.1) is 12.7 Å². The van der Waals surface area contributed by atoms with Crippen LogP contribution in [0.4, 0.5) is 14.5 Å². The second kappa shape index (κ2) is 9.28. The number of aryl methyl sites for hydroxylation is 1. The summed E-state index contributed by atoms with van der Waals surface area (Å²) in [6.45, 7) is 1.02. The van der Waals surface area contributed by atoms with Crippen molar-refractivity contribution < 1.29 is 18.3 Å². The monoisotopic (exact) mass is 478 g/mol. The number of alkyl halides is 1. The maximum absolute atomic E-state index is 14.5. The molecule has 5 rings (SSSR count). The quantitative estimate of drug-likeness (QED) is 0.417. The van der Waals surface area contributed by atoms with E-state index in [0.717, 1.165) is 16.9 Å². The molecule has 1 atom stereocenters. The molecule has 10 heteroatoms. The lowest BCUT2D eigenvalue weighted by atomic mass is 10.1.